The highest BCUT2D eigenvalue weighted by Crippen LogP contribution is 2.39. The van der Waals surface area contributed by atoms with Gasteiger partial charge in [0.05, 0.1) is 32.1 Å². The highest BCUT2D eigenvalue weighted by atomic mass is 35.5. The fraction of sp³-hybridized carbons (Fsp3) is 0.267. The van der Waals surface area contributed by atoms with Crippen molar-refractivity contribution in [3.63, 3.8) is 0 Å². The molecule has 0 aliphatic heterocycles. The predicted molar refractivity (Wildman–Crippen MR) is 87.8 cm³/mol. The van der Waals surface area contributed by atoms with Gasteiger partial charge in [-0.2, -0.15) is 0 Å². The van der Waals surface area contributed by atoms with E-state index in [1.807, 2.05) is 6.07 Å². The molecule has 1 aromatic carbocycles. The van der Waals surface area contributed by atoms with Gasteiger partial charge in [-0.1, -0.05) is 11.6 Å². The Kier molecular flexibility index (Phi) is 5.51. The van der Waals surface area contributed by atoms with Crippen molar-refractivity contribution in [1.82, 2.24) is 0 Å². The van der Waals surface area contributed by atoms with Crippen molar-refractivity contribution in [1.29, 1.82) is 0 Å². The molecule has 1 heterocycles. The summed E-state index contributed by atoms with van der Waals surface area (Å²) in [5, 5.41) is 2.81. The Labute approximate surface area is 137 Å². The zero-order valence-corrected chi connectivity index (χ0v) is 14.0. The molecule has 1 N–H and O–H groups in total. The lowest BCUT2D eigenvalue weighted by Gasteiger charge is -2.14. The Morgan fingerprint density at radius 1 is 1.14 bits per heavy atom. The van der Waals surface area contributed by atoms with Crippen LogP contribution in [0.4, 0.5) is 5.69 Å². The molecule has 2 rings (SSSR count). The minimum Gasteiger partial charge on any atom is -0.493 e. The number of anilines is 1. The van der Waals surface area contributed by atoms with Crippen LogP contribution >= 0.6 is 22.9 Å². The zero-order valence-electron chi connectivity index (χ0n) is 12.4. The molecule has 0 fully saturated rings. The third kappa shape index (κ3) is 3.84. The lowest BCUT2D eigenvalue weighted by molar-refractivity contribution is -0.115. The fourth-order valence-electron chi connectivity index (χ4n) is 1.96. The molecule has 5 nitrogen and oxygen atoms in total. The topological polar surface area (TPSA) is 56.8 Å². The molecule has 22 heavy (non-hydrogen) atoms. The van der Waals surface area contributed by atoms with Crippen molar-refractivity contribution in [3.05, 3.63) is 33.5 Å². The van der Waals surface area contributed by atoms with Crippen molar-refractivity contribution in [2.75, 3.05) is 26.6 Å². The van der Waals surface area contributed by atoms with Crippen LogP contribution in [-0.2, 0) is 11.2 Å². The predicted octanol–water partition coefficient (Wildman–Crippen LogP) is 3.61. The van der Waals surface area contributed by atoms with Gasteiger partial charge in [-0.25, -0.2) is 0 Å². The molecule has 7 heteroatoms. The maximum absolute atomic E-state index is 12.1. The number of ether oxygens (including phenoxy) is 3. The molecule has 0 aliphatic carbocycles. The van der Waals surface area contributed by atoms with E-state index in [1.54, 1.807) is 18.2 Å². The summed E-state index contributed by atoms with van der Waals surface area (Å²) in [6.45, 7) is 0. The largest absolute Gasteiger partial charge is 0.493 e. The van der Waals surface area contributed by atoms with E-state index >= 15 is 0 Å². The van der Waals surface area contributed by atoms with E-state index in [1.165, 1.54) is 32.7 Å². The number of carbonyl (C=O) groups is 1. The summed E-state index contributed by atoms with van der Waals surface area (Å²) >= 11 is 7.24. The highest BCUT2D eigenvalue weighted by molar-refractivity contribution is 7.16. The Hall–Kier alpha value is -1.92. The minimum absolute atomic E-state index is 0.146. The fourth-order valence-corrected chi connectivity index (χ4v) is 3.05. The van der Waals surface area contributed by atoms with E-state index in [2.05, 4.69) is 5.32 Å². The van der Waals surface area contributed by atoms with Crippen LogP contribution in [0, 0.1) is 0 Å². The average Bonchev–Trinajstić information content (AvgIpc) is 2.90. The lowest BCUT2D eigenvalue weighted by Crippen LogP contribution is -2.14. The van der Waals surface area contributed by atoms with E-state index in [0.29, 0.717) is 27.3 Å². The molecule has 1 aromatic heterocycles. The van der Waals surface area contributed by atoms with Crippen molar-refractivity contribution < 1.29 is 19.0 Å². The maximum atomic E-state index is 12.1. The van der Waals surface area contributed by atoms with Crippen LogP contribution in [0.15, 0.2) is 24.3 Å². The van der Waals surface area contributed by atoms with Gasteiger partial charge in [0.15, 0.2) is 11.5 Å². The van der Waals surface area contributed by atoms with Gasteiger partial charge in [0.25, 0.3) is 0 Å². The summed E-state index contributed by atoms with van der Waals surface area (Å²) < 4.78 is 16.4. The van der Waals surface area contributed by atoms with E-state index in [4.69, 9.17) is 25.8 Å². The van der Waals surface area contributed by atoms with Crippen LogP contribution in [0.3, 0.4) is 0 Å². The summed E-state index contributed by atoms with van der Waals surface area (Å²) in [7, 11) is 4.58. The van der Waals surface area contributed by atoms with Crippen LogP contribution in [0.25, 0.3) is 0 Å². The first-order valence-corrected chi connectivity index (χ1v) is 7.61. The lowest BCUT2D eigenvalue weighted by atomic mass is 10.2. The third-order valence-electron chi connectivity index (χ3n) is 2.91. The molecule has 0 unspecified atom stereocenters. The Bertz CT molecular complexity index is 646. The highest BCUT2D eigenvalue weighted by Gasteiger charge is 2.15. The van der Waals surface area contributed by atoms with E-state index in [0.717, 1.165) is 4.88 Å². The second kappa shape index (κ2) is 7.38. The minimum atomic E-state index is -0.146. The monoisotopic (exact) mass is 341 g/mol. The smallest absolute Gasteiger partial charge is 0.229 e. The molecular formula is C15H16ClNO4S. The van der Waals surface area contributed by atoms with Gasteiger partial charge in [-0.3, -0.25) is 4.79 Å². The number of nitrogens with one attached hydrogen (secondary N) is 1. The molecule has 0 saturated heterocycles. The van der Waals surface area contributed by atoms with Crippen LogP contribution in [0.2, 0.25) is 4.34 Å². The standard InChI is InChI=1S/C15H16ClNO4S/c1-19-11-6-9(7-12(20-2)15(11)21-3)17-14(18)8-10-4-5-13(16)22-10/h4-7H,8H2,1-3H3,(H,17,18). The molecule has 0 spiro atoms. The number of methoxy groups -OCH3 is 3. The number of carbonyl (C=O) groups excluding carboxylic acids is 1. The Morgan fingerprint density at radius 3 is 2.23 bits per heavy atom. The van der Waals surface area contributed by atoms with E-state index < -0.39 is 0 Å². The third-order valence-corrected chi connectivity index (χ3v) is 4.14. The number of rotatable bonds is 6. The quantitative estimate of drug-likeness (QED) is 0.872. The van der Waals surface area contributed by atoms with Gasteiger partial charge in [-0.05, 0) is 12.1 Å². The maximum Gasteiger partial charge on any atom is 0.229 e. The van der Waals surface area contributed by atoms with Crippen molar-refractivity contribution in [2.45, 2.75) is 6.42 Å². The number of benzene rings is 1. The zero-order chi connectivity index (χ0) is 16.1. The van der Waals surface area contributed by atoms with Gasteiger partial charge in [0.1, 0.15) is 0 Å². The molecule has 1 amide bonds. The number of amides is 1. The second-order valence-electron chi connectivity index (χ2n) is 4.34. The summed E-state index contributed by atoms with van der Waals surface area (Å²) in [6, 6.07) is 6.97. The first-order valence-electron chi connectivity index (χ1n) is 6.41. The molecule has 0 saturated carbocycles. The molecule has 118 valence electrons. The normalized spacial score (nSPS) is 10.2. The molecule has 0 atom stereocenters. The van der Waals surface area contributed by atoms with Gasteiger partial charge in [0.2, 0.25) is 11.7 Å². The average molecular weight is 342 g/mol. The van der Waals surface area contributed by atoms with Crippen LogP contribution in [0.1, 0.15) is 4.88 Å². The molecule has 2 aromatic rings. The van der Waals surface area contributed by atoms with Crippen molar-refractivity contribution in [2.24, 2.45) is 0 Å². The van der Waals surface area contributed by atoms with Crippen LogP contribution in [-0.4, -0.2) is 27.2 Å². The number of hydrogen-bond donors (Lipinski definition) is 1. The summed E-state index contributed by atoms with van der Waals surface area (Å²) in [5.74, 6) is 1.30. The first-order chi connectivity index (χ1) is 10.6. The van der Waals surface area contributed by atoms with Crippen molar-refractivity contribution in [3.8, 4) is 17.2 Å². The Morgan fingerprint density at radius 2 is 1.77 bits per heavy atom. The van der Waals surface area contributed by atoms with Gasteiger partial charge in [-0.15, -0.1) is 11.3 Å². The molecule has 0 bridgehead atoms. The first kappa shape index (κ1) is 16.5. The van der Waals surface area contributed by atoms with E-state index in [-0.39, 0.29) is 12.3 Å². The number of halogens is 1. The summed E-state index contributed by atoms with van der Waals surface area (Å²) in [4.78, 5) is 13.0. The van der Waals surface area contributed by atoms with Crippen molar-refractivity contribution >= 4 is 34.5 Å². The number of hydrogen-bond acceptors (Lipinski definition) is 5. The van der Waals surface area contributed by atoms with Crippen LogP contribution in [0.5, 0.6) is 17.2 Å². The van der Waals surface area contributed by atoms with E-state index in [9.17, 15) is 4.79 Å². The SMILES string of the molecule is COc1cc(NC(=O)Cc2ccc(Cl)s2)cc(OC)c1OC. The Balaban J connectivity index is 2.16. The number of thiophene rings is 1. The summed E-state index contributed by atoms with van der Waals surface area (Å²) in [6.07, 6.45) is 0.258. The second-order valence-corrected chi connectivity index (χ2v) is 6.14. The van der Waals surface area contributed by atoms with Gasteiger partial charge in [0, 0.05) is 22.7 Å². The molecule has 0 aliphatic rings. The molecule has 0 radical (unpaired) electrons. The van der Waals surface area contributed by atoms with Gasteiger partial charge >= 0.3 is 0 Å². The summed E-state index contributed by atoms with van der Waals surface area (Å²) in [5.41, 5.74) is 0.571. The molecular weight excluding hydrogens is 326 g/mol. The van der Waals surface area contributed by atoms with Gasteiger partial charge < -0.3 is 19.5 Å². The van der Waals surface area contributed by atoms with Crippen LogP contribution < -0.4 is 19.5 Å².